The Morgan fingerprint density at radius 2 is 1.68 bits per heavy atom. The van der Waals surface area contributed by atoms with E-state index in [1.165, 1.54) is 5.56 Å². The first kappa shape index (κ1) is 37.9. The van der Waals surface area contributed by atoms with Crippen LogP contribution in [-0.2, 0) is 35.1 Å². The van der Waals surface area contributed by atoms with Crippen molar-refractivity contribution < 1.29 is 33.6 Å². The molecule has 0 saturated carbocycles. The van der Waals surface area contributed by atoms with E-state index in [1.807, 2.05) is 38.9 Å². The highest BCUT2D eigenvalue weighted by Gasteiger charge is 2.52. The number of nitrogens with zero attached hydrogens (tertiary/aromatic N) is 3. The molecule has 8 atom stereocenters. The standard InChI is InChI=1S/C37H61N3O7/c1-25-21-36(6,44-10)32(47-33-30(41)29(38(7)8)20-26(2)46-33)27(3)31(42)35(4,5)34(43)45-24-37(39(9)22-25)16-18-40(19-17-37)23-28-14-12-11-13-15-28/h11-15,25-27,29-30,32-33,41H,16-24H2,1-10H3/t25-,26-,27+,29+,30-,32-,33+,36-/m1/s1. The summed E-state index contributed by atoms with van der Waals surface area (Å²) in [5.41, 5.74) is -1.41. The summed E-state index contributed by atoms with van der Waals surface area (Å²) in [6.45, 7) is 14.8. The van der Waals surface area contributed by atoms with Crippen LogP contribution >= 0.6 is 0 Å². The lowest BCUT2D eigenvalue weighted by atomic mass is 9.74. The van der Waals surface area contributed by atoms with Crippen molar-refractivity contribution in [3.05, 3.63) is 35.9 Å². The zero-order valence-electron chi connectivity index (χ0n) is 30.5. The Kier molecular flexibility index (Phi) is 12.3. The Bertz CT molecular complexity index is 1190. The number of methoxy groups -OCH3 is 1. The van der Waals surface area contributed by atoms with Gasteiger partial charge in [0.2, 0.25) is 0 Å². The van der Waals surface area contributed by atoms with Crippen molar-refractivity contribution in [3.8, 4) is 0 Å². The van der Waals surface area contributed by atoms with Crippen molar-refractivity contribution in [2.75, 3.05) is 54.5 Å². The second-order valence-electron chi connectivity index (χ2n) is 15.7. The van der Waals surface area contributed by atoms with Crippen LogP contribution in [-0.4, -0.2) is 128 Å². The fraction of sp³-hybridized carbons (Fsp3) is 0.784. The third-order valence-electron chi connectivity index (χ3n) is 11.3. The first-order valence-electron chi connectivity index (χ1n) is 17.4. The Morgan fingerprint density at radius 3 is 2.28 bits per heavy atom. The van der Waals surface area contributed by atoms with Gasteiger partial charge in [0.15, 0.2) is 12.1 Å². The van der Waals surface area contributed by atoms with E-state index in [0.717, 1.165) is 39.0 Å². The number of ketones is 1. The molecule has 1 aromatic rings. The molecule has 3 aliphatic rings. The Balaban J connectivity index is 1.63. The van der Waals surface area contributed by atoms with Gasteiger partial charge in [0.25, 0.3) is 0 Å². The molecule has 0 aromatic heterocycles. The molecule has 3 heterocycles. The molecule has 3 fully saturated rings. The lowest BCUT2D eigenvalue weighted by Crippen LogP contribution is -2.59. The van der Waals surface area contributed by atoms with E-state index in [-0.39, 0.29) is 36.0 Å². The second kappa shape index (κ2) is 15.3. The van der Waals surface area contributed by atoms with Gasteiger partial charge < -0.3 is 29.0 Å². The van der Waals surface area contributed by atoms with Gasteiger partial charge in [-0.3, -0.25) is 19.4 Å². The van der Waals surface area contributed by atoms with Gasteiger partial charge in [-0.15, -0.1) is 0 Å². The molecule has 3 saturated heterocycles. The molecule has 0 unspecified atom stereocenters. The highest BCUT2D eigenvalue weighted by molar-refractivity contribution is 6.04. The van der Waals surface area contributed by atoms with Gasteiger partial charge in [-0.05, 0) is 86.0 Å². The van der Waals surface area contributed by atoms with Crippen LogP contribution in [0.25, 0.3) is 0 Å². The number of hydrogen-bond acceptors (Lipinski definition) is 10. The molecular formula is C37H61N3O7. The minimum Gasteiger partial charge on any atom is -0.463 e. The fourth-order valence-corrected chi connectivity index (χ4v) is 8.12. The Labute approximate surface area is 283 Å². The number of Topliss-reactive ketones (excluding diaryl/α,β-unsaturated/α-hetero) is 1. The Hall–Kier alpha value is -1.92. The van der Waals surface area contributed by atoms with E-state index in [4.69, 9.17) is 18.9 Å². The monoisotopic (exact) mass is 659 g/mol. The van der Waals surface area contributed by atoms with E-state index < -0.39 is 41.4 Å². The third kappa shape index (κ3) is 8.46. The molecule has 0 amide bonds. The molecule has 1 N–H and O–H groups in total. The highest BCUT2D eigenvalue weighted by Crippen LogP contribution is 2.40. The summed E-state index contributed by atoms with van der Waals surface area (Å²) in [6, 6.07) is 10.3. The van der Waals surface area contributed by atoms with E-state index in [9.17, 15) is 14.7 Å². The van der Waals surface area contributed by atoms with Crippen LogP contribution in [0.5, 0.6) is 0 Å². The predicted molar refractivity (Wildman–Crippen MR) is 182 cm³/mol. The molecule has 0 aliphatic carbocycles. The van der Waals surface area contributed by atoms with Crippen LogP contribution < -0.4 is 0 Å². The summed E-state index contributed by atoms with van der Waals surface area (Å²) in [5.74, 6) is -1.43. The zero-order valence-corrected chi connectivity index (χ0v) is 30.5. The molecule has 47 heavy (non-hydrogen) atoms. The summed E-state index contributed by atoms with van der Waals surface area (Å²) in [4.78, 5) is 34.9. The molecule has 3 aliphatic heterocycles. The summed E-state index contributed by atoms with van der Waals surface area (Å²) in [5, 5.41) is 11.4. The van der Waals surface area contributed by atoms with Crippen LogP contribution in [0.4, 0.5) is 0 Å². The third-order valence-corrected chi connectivity index (χ3v) is 11.3. The molecule has 1 aromatic carbocycles. The average Bonchev–Trinajstić information content (AvgIpc) is 3.03. The van der Waals surface area contributed by atoms with Crippen LogP contribution in [0, 0.1) is 17.3 Å². The molecule has 1 spiro atoms. The van der Waals surface area contributed by atoms with Crippen LogP contribution in [0.15, 0.2) is 30.3 Å². The van der Waals surface area contributed by atoms with E-state index in [2.05, 4.69) is 48.0 Å². The number of likely N-dealkylation sites (N-methyl/N-ethyl adjacent to an activating group) is 2. The first-order valence-corrected chi connectivity index (χ1v) is 17.4. The molecular weight excluding hydrogens is 598 g/mol. The van der Waals surface area contributed by atoms with Gasteiger partial charge in [-0.2, -0.15) is 0 Å². The lowest BCUT2D eigenvalue weighted by Gasteiger charge is -2.48. The number of hydrogen-bond donors (Lipinski definition) is 1. The number of esters is 1. The maximum Gasteiger partial charge on any atom is 0.319 e. The number of aliphatic hydroxyl groups excluding tert-OH is 1. The van der Waals surface area contributed by atoms with Gasteiger partial charge in [0, 0.05) is 45.2 Å². The number of rotatable bonds is 6. The van der Waals surface area contributed by atoms with E-state index in [1.54, 1.807) is 27.9 Å². The summed E-state index contributed by atoms with van der Waals surface area (Å²) < 4.78 is 25.2. The van der Waals surface area contributed by atoms with Gasteiger partial charge in [0.05, 0.1) is 23.3 Å². The lowest BCUT2D eigenvalue weighted by molar-refractivity contribution is -0.295. The SMILES string of the molecule is CO[C@]1(C)C[C@@H](C)CN(C)C2(CCN(Cc3ccccc3)CC2)COC(=O)C(C)(C)C(=O)[C@H](C)[C@H]1O[C@@H]1O[C@H](C)C[C@H](N(C)C)[C@H]1O. The van der Waals surface area contributed by atoms with Crippen molar-refractivity contribution >= 4 is 11.8 Å². The van der Waals surface area contributed by atoms with Crippen molar-refractivity contribution in [3.63, 3.8) is 0 Å². The van der Waals surface area contributed by atoms with Crippen LogP contribution in [0.3, 0.4) is 0 Å². The molecule has 0 bridgehead atoms. The topological polar surface area (TPSA) is 101 Å². The number of ether oxygens (including phenoxy) is 4. The van der Waals surface area contributed by atoms with Crippen molar-refractivity contribution in [2.45, 2.75) is 116 Å². The molecule has 10 nitrogen and oxygen atoms in total. The number of aliphatic hydroxyl groups is 1. The Morgan fingerprint density at radius 1 is 1.04 bits per heavy atom. The van der Waals surface area contributed by atoms with Gasteiger partial charge in [0.1, 0.15) is 18.1 Å². The number of carbonyl (C=O) groups excluding carboxylic acids is 2. The van der Waals surface area contributed by atoms with E-state index >= 15 is 0 Å². The summed E-state index contributed by atoms with van der Waals surface area (Å²) >= 11 is 0. The maximum absolute atomic E-state index is 14.3. The van der Waals surface area contributed by atoms with Crippen LogP contribution in [0.1, 0.15) is 72.8 Å². The zero-order chi connectivity index (χ0) is 34.7. The minimum atomic E-state index is -1.42. The predicted octanol–water partition coefficient (Wildman–Crippen LogP) is 3.98. The van der Waals surface area contributed by atoms with Gasteiger partial charge in [-0.1, -0.05) is 44.2 Å². The minimum absolute atomic E-state index is 0.146. The number of likely N-dealkylation sites (tertiary alicyclic amines) is 1. The normalized spacial score (nSPS) is 36.4. The van der Waals surface area contributed by atoms with Gasteiger partial charge in [-0.25, -0.2) is 0 Å². The highest BCUT2D eigenvalue weighted by atomic mass is 16.7. The largest absolute Gasteiger partial charge is 0.463 e. The molecule has 0 radical (unpaired) electrons. The maximum atomic E-state index is 14.3. The number of benzene rings is 1. The van der Waals surface area contributed by atoms with E-state index in [0.29, 0.717) is 12.8 Å². The smallest absolute Gasteiger partial charge is 0.319 e. The molecule has 10 heteroatoms. The summed E-state index contributed by atoms with van der Waals surface area (Å²) in [7, 11) is 7.64. The first-order chi connectivity index (χ1) is 22.0. The molecule has 4 rings (SSSR count). The molecule has 266 valence electrons. The summed E-state index contributed by atoms with van der Waals surface area (Å²) in [6.07, 6.45) is 0.0905. The number of carbonyl (C=O) groups is 2. The van der Waals surface area contributed by atoms with Crippen LogP contribution in [0.2, 0.25) is 0 Å². The number of cyclic esters (lactones) is 1. The fourth-order valence-electron chi connectivity index (χ4n) is 8.12. The average molecular weight is 660 g/mol. The van der Waals surface area contributed by atoms with Crippen molar-refractivity contribution in [1.29, 1.82) is 0 Å². The second-order valence-corrected chi connectivity index (χ2v) is 15.7. The van der Waals surface area contributed by atoms with Gasteiger partial charge >= 0.3 is 5.97 Å². The number of piperidine rings is 1. The van der Waals surface area contributed by atoms with Crippen molar-refractivity contribution in [1.82, 2.24) is 14.7 Å². The quantitative estimate of drug-likeness (QED) is 0.357. The van der Waals surface area contributed by atoms with Crippen molar-refractivity contribution in [2.24, 2.45) is 17.3 Å².